The lowest BCUT2D eigenvalue weighted by molar-refractivity contribution is 0.290. The molecule has 3 rings (SSSR count). The fourth-order valence-corrected chi connectivity index (χ4v) is 4.78. The van der Waals surface area contributed by atoms with Gasteiger partial charge in [0.25, 0.3) is 4.06 Å². The minimum absolute atomic E-state index is 0.114. The third-order valence-corrected chi connectivity index (χ3v) is 6.18. The molecule has 0 saturated carbocycles. The van der Waals surface area contributed by atoms with Crippen LogP contribution in [0.3, 0.4) is 0 Å². The highest BCUT2D eigenvalue weighted by atomic mass is 32.2. The Balaban J connectivity index is 2.05. The van der Waals surface area contributed by atoms with Gasteiger partial charge in [-0.25, -0.2) is 0 Å². The summed E-state index contributed by atoms with van der Waals surface area (Å²) >= 11 is 2.62. The Morgan fingerprint density at radius 2 is 1.72 bits per heavy atom. The van der Waals surface area contributed by atoms with Crippen LogP contribution in [0.15, 0.2) is 53.3 Å². The predicted molar refractivity (Wildman–Crippen MR) is 109 cm³/mol. The van der Waals surface area contributed by atoms with Gasteiger partial charge in [0.15, 0.2) is 0 Å². The van der Waals surface area contributed by atoms with Crippen LogP contribution >= 0.6 is 22.7 Å². The molecule has 3 aromatic rings. The SMILES string of the molecule is Cc1ccc(OCCC(C)C)c(-c2sc(=O)sc2-c2ccccc2)c1. The van der Waals surface area contributed by atoms with Gasteiger partial charge in [-0.1, -0.05) is 78.5 Å². The molecule has 130 valence electrons. The van der Waals surface area contributed by atoms with Crippen LogP contribution in [-0.2, 0) is 0 Å². The lowest BCUT2D eigenvalue weighted by Gasteiger charge is -2.13. The second kappa shape index (κ2) is 7.98. The molecule has 0 radical (unpaired) electrons. The zero-order chi connectivity index (χ0) is 17.8. The maximum absolute atomic E-state index is 12.2. The van der Waals surface area contributed by atoms with Crippen LogP contribution in [-0.4, -0.2) is 6.61 Å². The molecule has 0 saturated heterocycles. The fourth-order valence-electron chi connectivity index (χ4n) is 2.59. The number of benzene rings is 2. The molecule has 25 heavy (non-hydrogen) atoms. The molecule has 0 aliphatic carbocycles. The van der Waals surface area contributed by atoms with Crippen molar-refractivity contribution in [1.29, 1.82) is 0 Å². The number of hydrogen-bond acceptors (Lipinski definition) is 4. The summed E-state index contributed by atoms with van der Waals surface area (Å²) < 4.78 is 6.18. The molecule has 4 heteroatoms. The Morgan fingerprint density at radius 1 is 1.00 bits per heavy atom. The van der Waals surface area contributed by atoms with Crippen LogP contribution in [0.2, 0.25) is 0 Å². The second-order valence-electron chi connectivity index (χ2n) is 6.51. The summed E-state index contributed by atoms with van der Waals surface area (Å²) in [4.78, 5) is 14.2. The summed E-state index contributed by atoms with van der Waals surface area (Å²) in [5.41, 5.74) is 3.26. The van der Waals surface area contributed by atoms with Crippen molar-refractivity contribution in [3.63, 3.8) is 0 Å². The van der Waals surface area contributed by atoms with Gasteiger partial charge in [-0.2, -0.15) is 0 Å². The van der Waals surface area contributed by atoms with Gasteiger partial charge in [-0.05, 0) is 37.0 Å². The summed E-state index contributed by atoms with van der Waals surface area (Å²) in [7, 11) is 0. The zero-order valence-corrected chi connectivity index (χ0v) is 16.4. The van der Waals surface area contributed by atoms with Crippen molar-refractivity contribution in [3.8, 4) is 26.6 Å². The maximum atomic E-state index is 12.2. The highest BCUT2D eigenvalue weighted by Gasteiger charge is 2.17. The van der Waals surface area contributed by atoms with E-state index in [2.05, 4.69) is 45.0 Å². The van der Waals surface area contributed by atoms with E-state index in [9.17, 15) is 4.79 Å². The molecule has 0 unspecified atom stereocenters. The molecule has 1 aromatic heterocycles. The summed E-state index contributed by atoms with van der Waals surface area (Å²) in [6, 6.07) is 16.3. The van der Waals surface area contributed by atoms with Crippen LogP contribution in [0.25, 0.3) is 20.9 Å². The molecule has 1 heterocycles. The molecular weight excluding hydrogens is 348 g/mol. The summed E-state index contributed by atoms with van der Waals surface area (Å²) in [5.74, 6) is 1.46. The van der Waals surface area contributed by atoms with Crippen LogP contribution < -0.4 is 8.79 Å². The molecule has 0 amide bonds. The van der Waals surface area contributed by atoms with Gasteiger partial charge in [0.05, 0.1) is 16.4 Å². The maximum Gasteiger partial charge on any atom is 0.288 e. The van der Waals surface area contributed by atoms with E-state index in [-0.39, 0.29) is 4.06 Å². The van der Waals surface area contributed by atoms with Crippen molar-refractivity contribution in [2.24, 2.45) is 5.92 Å². The molecule has 0 atom stereocenters. The zero-order valence-electron chi connectivity index (χ0n) is 14.7. The largest absolute Gasteiger partial charge is 0.493 e. The molecule has 0 aliphatic rings. The Bertz CT molecular complexity index is 892. The van der Waals surface area contributed by atoms with Gasteiger partial charge in [0, 0.05) is 5.56 Å². The van der Waals surface area contributed by atoms with Crippen LogP contribution in [0.1, 0.15) is 25.8 Å². The predicted octanol–water partition coefficient (Wildman–Crippen LogP) is 6.24. The van der Waals surface area contributed by atoms with Gasteiger partial charge in [0.2, 0.25) is 0 Å². The van der Waals surface area contributed by atoms with E-state index < -0.39 is 0 Å². The minimum Gasteiger partial charge on any atom is -0.493 e. The average Bonchev–Trinajstić information content (AvgIpc) is 2.98. The third-order valence-electron chi connectivity index (χ3n) is 3.95. The highest BCUT2D eigenvalue weighted by molar-refractivity contribution is 7.32. The first-order valence-corrected chi connectivity index (χ1v) is 10.1. The van der Waals surface area contributed by atoms with E-state index in [1.54, 1.807) is 0 Å². The smallest absolute Gasteiger partial charge is 0.288 e. The normalized spacial score (nSPS) is 11.0. The standard InChI is InChI=1S/C21H22O2S2/c1-14(2)11-12-23-18-10-9-15(3)13-17(18)20-19(24-21(22)25-20)16-7-5-4-6-8-16/h4-10,13-14H,11-12H2,1-3H3. The number of hydrogen-bond donors (Lipinski definition) is 0. The lowest BCUT2D eigenvalue weighted by Crippen LogP contribution is -2.02. The monoisotopic (exact) mass is 370 g/mol. The highest BCUT2D eigenvalue weighted by Crippen LogP contribution is 2.42. The molecule has 2 aromatic carbocycles. The molecule has 0 spiro atoms. The molecule has 0 aliphatic heterocycles. The van der Waals surface area contributed by atoms with E-state index >= 15 is 0 Å². The Labute approximate surface area is 156 Å². The molecule has 0 N–H and O–H groups in total. The molecule has 0 bridgehead atoms. The Kier molecular flexibility index (Phi) is 5.71. The van der Waals surface area contributed by atoms with Gasteiger partial charge in [0.1, 0.15) is 5.75 Å². The molecule has 0 fully saturated rings. The number of ether oxygens (including phenoxy) is 1. The topological polar surface area (TPSA) is 26.3 Å². The van der Waals surface area contributed by atoms with Gasteiger partial charge < -0.3 is 4.74 Å². The van der Waals surface area contributed by atoms with Crippen LogP contribution in [0.4, 0.5) is 0 Å². The third kappa shape index (κ3) is 4.39. The summed E-state index contributed by atoms with van der Waals surface area (Å²) in [5, 5.41) is 0. The second-order valence-corrected chi connectivity index (χ2v) is 8.73. The lowest BCUT2D eigenvalue weighted by atomic mass is 10.1. The van der Waals surface area contributed by atoms with Gasteiger partial charge in [-0.3, -0.25) is 4.79 Å². The fraction of sp³-hybridized carbons (Fsp3) is 0.286. The average molecular weight is 371 g/mol. The first kappa shape index (κ1) is 17.9. The van der Waals surface area contributed by atoms with Crippen molar-refractivity contribution in [3.05, 3.63) is 62.9 Å². The number of aryl methyl sites for hydroxylation is 1. The molecular formula is C21H22O2S2. The van der Waals surface area contributed by atoms with Gasteiger partial charge in [-0.15, -0.1) is 0 Å². The van der Waals surface area contributed by atoms with Crippen molar-refractivity contribution >= 4 is 22.7 Å². The summed E-state index contributed by atoms with van der Waals surface area (Å²) in [6.07, 6.45) is 1.01. The van der Waals surface area contributed by atoms with E-state index in [1.807, 2.05) is 24.3 Å². The first-order chi connectivity index (χ1) is 12.0. The van der Waals surface area contributed by atoms with Crippen molar-refractivity contribution in [1.82, 2.24) is 0 Å². The number of rotatable bonds is 6. The van der Waals surface area contributed by atoms with Crippen LogP contribution in [0, 0.1) is 12.8 Å². The van der Waals surface area contributed by atoms with E-state index in [1.165, 1.54) is 22.7 Å². The van der Waals surface area contributed by atoms with Crippen molar-refractivity contribution in [2.75, 3.05) is 6.61 Å². The molecule has 2 nitrogen and oxygen atoms in total. The van der Waals surface area contributed by atoms with E-state index in [0.29, 0.717) is 12.5 Å². The van der Waals surface area contributed by atoms with Crippen molar-refractivity contribution < 1.29 is 4.74 Å². The van der Waals surface area contributed by atoms with Crippen molar-refractivity contribution in [2.45, 2.75) is 27.2 Å². The van der Waals surface area contributed by atoms with Crippen LogP contribution in [0.5, 0.6) is 5.75 Å². The Hall–Kier alpha value is -1.91. The Morgan fingerprint density at radius 3 is 2.44 bits per heavy atom. The minimum atomic E-state index is 0.114. The van der Waals surface area contributed by atoms with E-state index in [4.69, 9.17) is 4.74 Å². The first-order valence-electron chi connectivity index (χ1n) is 8.48. The van der Waals surface area contributed by atoms with E-state index in [0.717, 1.165) is 38.6 Å². The quantitative estimate of drug-likeness (QED) is 0.513. The summed E-state index contributed by atoms with van der Waals surface area (Å²) in [6.45, 7) is 7.14. The van der Waals surface area contributed by atoms with Gasteiger partial charge >= 0.3 is 0 Å².